The van der Waals surface area contributed by atoms with E-state index in [1.54, 1.807) is 0 Å². The normalized spacial score (nSPS) is 11.3. The van der Waals surface area contributed by atoms with Gasteiger partial charge in [0.05, 0.1) is 18.4 Å². The summed E-state index contributed by atoms with van der Waals surface area (Å²) < 4.78 is 61.6. The van der Waals surface area contributed by atoms with Crippen LogP contribution in [0.3, 0.4) is 0 Å². The number of esters is 1. The highest BCUT2D eigenvalue weighted by Crippen LogP contribution is 2.34. The molecule has 0 aliphatic rings. The Labute approximate surface area is 157 Å². The molecule has 0 aliphatic carbocycles. The number of ether oxygens (including phenoxy) is 2. The van der Waals surface area contributed by atoms with Crippen molar-refractivity contribution in [1.82, 2.24) is 0 Å². The molecule has 0 saturated heterocycles. The Balaban J connectivity index is 1.91. The van der Waals surface area contributed by atoms with Gasteiger partial charge in [0.15, 0.2) is 18.2 Å². The van der Waals surface area contributed by atoms with E-state index in [1.165, 1.54) is 37.5 Å². The van der Waals surface area contributed by atoms with Gasteiger partial charge in [0.25, 0.3) is 5.91 Å². The highest BCUT2D eigenvalue weighted by molar-refractivity contribution is 5.95. The SMILES string of the molecule is COc1ccc(/C=C/C(=O)OCC(=O)Nc2ccccc2C(F)(F)F)cc1F. The summed E-state index contributed by atoms with van der Waals surface area (Å²) >= 11 is 0. The molecule has 0 bridgehead atoms. The van der Waals surface area contributed by atoms with Gasteiger partial charge in [-0.1, -0.05) is 18.2 Å². The Morgan fingerprint density at radius 2 is 1.86 bits per heavy atom. The standard InChI is InChI=1S/C19H15F4NO4/c1-27-16-8-6-12(10-14(16)20)7-9-18(26)28-11-17(25)24-15-5-3-2-4-13(15)19(21,22)23/h2-10H,11H2,1H3,(H,24,25)/b9-7+. The van der Waals surface area contributed by atoms with Crippen LogP contribution in [0.15, 0.2) is 48.5 Å². The summed E-state index contributed by atoms with van der Waals surface area (Å²) in [6, 6.07) is 8.40. The lowest BCUT2D eigenvalue weighted by molar-refractivity contribution is -0.142. The molecule has 0 unspecified atom stereocenters. The number of carbonyl (C=O) groups is 2. The minimum absolute atomic E-state index is 0.0375. The Hall–Kier alpha value is -3.36. The summed E-state index contributed by atoms with van der Waals surface area (Å²) in [5.74, 6) is -2.44. The minimum atomic E-state index is -4.64. The number of benzene rings is 2. The van der Waals surface area contributed by atoms with Crippen molar-refractivity contribution in [1.29, 1.82) is 0 Å². The highest BCUT2D eigenvalue weighted by Gasteiger charge is 2.33. The number of para-hydroxylation sites is 1. The average molecular weight is 397 g/mol. The Bertz CT molecular complexity index is 894. The van der Waals surface area contributed by atoms with Gasteiger partial charge in [0.2, 0.25) is 0 Å². The topological polar surface area (TPSA) is 64.6 Å². The molecular weight excluding hydrogens is 382 g/mol. The lowest BCUT2D eigenvalue weighted by Gasteiger charge is -2.13. The van der Waals surface area contributed by atoms with Crippen LogP contribution in [0.4, 0.5) is 23.2 Å². The first kappa shape index (κ1) is 20.9. The molecule has 0 saturated carbocycles. The predicted molar refractivity (Wildman–Crippen MR) is 93.0 cm³/mol. The van der Waals surface area contributed by atoms with Crippen LogP contribution in [0, 0.1) is 5.82 Å². The summed E-state index contributed by atoms with van der Waals surface area (Å²) in [5, 5.41) is 2.04. The Morgan fingerprint density at radius 1 is 1.14 bits per heavy atom. The highest BCUT2D eigenvalue weighted by atomic mass is 19.4. The Kier molecular flexibility index (Phi) is 6.75. The van der Waals surface area contributed by atoms with Crippen LogP contribution in [-0.2, 0) is 20.5 Å². The first-order valence-corrected chi connectivity index (χ1v) is 7.85. The molecule has 0 atom stereocenters. The van der Waals surface area contributed by atoms with Crippen LogP contribution in [0.5, 0.6) is 5.75 Å². The van der Waals surface area contributed by atoms with Crippen LogP contribution in [0.25, 0.3) is 6.08 Å². The van der Waals surface area contributed by atoms with Gasteiger partial charge in [-0.2, -0.15) is 13.2 Å². The molecule has 2 aromatic carbocycles. The number of methoxy groups -OCH3 is 1. The third-order valence-electron chi connectivity index (χ3n) is 3.44. The zero-order chi connectivity index (χ0) is 20.7. The van der Waals surface area contributed by atoms with Crippen LogP contribution in [0.1, 0.15) is 11.1 Å². The van der Waals surface area contributed by atoms with Crippen molar-refractivity contribution in [3.8, 4) is 5.75 Å². The number of anilines is 1. The maximum atomic E-state index is 13.5. The van der Waals surface area contributed by atoms with Crippen LogP contribution in [0.2, 0.25) is 0 Å². The van der Waals surface area contributed by atoms with Gasteiger partial charge in [-0.3, -0.25) is 4.79 Å². The maximum Gasteiger partial charge on any atom is 0.418 e. The molecule has 2 aromatic rings. The summed E-state index contributed by atoms with van der Waals surface area (Å²) in [7, 11) is 1.31. The molecule has 0 fully saturated rings. The molecule has 148 valence electrons. The van der Waals surface area contributed by atoms with E-state index in [2.05, 4.69) is 4.74 Å². The average Bonchev–Trinajstić information content (AvgIpc) is 2.64. The van der Waals surface area contributed by atoms with Gasteiger partial charge in [-0.05, 0) is 35.9 Å². The number of alkyl halides is 3. The van der Waals surface area contributed by atoms with Crippen molar-refractivity contribution in [2.45, 2.75) is 6.18 Å². The number of amides is 1. The quantitative estimate of drug-likeness (QED) is 0.454. The summed E-state index contributed by atoms with van der Waals surface area (Å²) in [5.41, 5.74) is -1.12. The number of halogens is 4. The van der Waals surface area contributed by atoms with Gasteiger partial charge in [0.1, 0.15) is 0 Å². The molecule has 5 nitrogen and oxygen atoms in total. The van der Waals surface area contributed by atoms with Gasteiger partial charge in [-0.15, -0.1) is 0 Å². The zero-order valence-corrected chi connectivity index (χ0v) is 14.5. The third-order valence-corrected chi connectivity index (χ3v) is 3.44. The fourth-order valence-electron chi connectivity index (χ4n) is 2.16. The summed E-state index contributed by atoms with van der Waals surface area (Å²) in [6.45, 7) is -0.785. The van der Waals surface area contributed by atoms with E-state index in [0.29, 0.717) is 5.56 Å². The molecule has 0 aromatic heterocycles. The van der Waals surface area contributed by atoms with Crippen molar-refractivity contribution in [2.75, 3.05) is 19.0 Å². The van der Waals surface area contributed by atoms with Gasteiger partial charge in [-0.25, -0.2) is 9.18 Å². The predicted octanol–water partition coefficient (Wildman–Crippen LogP) is 4.05. The van der Waals surface area contributed by atoms with Crippen molar-refractivity contribution in [2.24, 2.45) is 0 Å². The molecule has 0 heterocycles. The van der Waals surface area contributed by atoms with Crippen LogP contribution in [-0.4, -0.2) is 25.6 Å². The van der Waals surface area contributed by atoms with E-state index >= 15 is 0 Å². The maximum absolute atomic E-state index is 13.5. The first-order chi connectivity index (χ1) is 13.2. The molecule has 1 N–H and O–H groups in total. The second-order valence-electron chi connectivity index (χ2n) is 5.43. The number of rotatable bonds is 6. The van der Waals surface area contributed by atoms with E-state index in [9.17, 15) is 27.2 Å². The second-order valence-corrected chi connectivity index (χ2v) is 5.43. The molecule has 0 radical (unpaired) electrons. The smallest absolute Gasteiger partial charge is 0.418 e. The lowest BCUT2D eigenvalue weighted by atomic mass is 10.1. The molecule has 28 heavy (non-hydrogen) atoms. The largest absolute Gasteiger partial charge is 0.494 e. The molecule has 2 rings (SSSR count). The molecule has 9 heteroatoms. The molecule has 1 amide bonds. The van der Waals surface area contributed by atoms with E-state index in [4.69, 9.17) is 4.74 Å². The van der Waals surface area contributed by atoms with E-state index in [-0.39, 0.29) is 5.75 Å². The summed E-state index contributed by atoms with van der Waals surface area (Å²) in [4.78, 5) is 23.4. The first-order valence-electron chi connectivity index (χ1n) is 7.85. The minimum Gasteiger partial charge on any atom is -0.494 e. The van der Waals surface area contributed by atoms with Crippen molar-refractivity contribution >= 4 is 23.6 Å². The van der Waals surface area contributed by atoms with Crippen LogP contribution < -0.4 is 10.1 Å². The number of hydrogen-bond acceptors (Lipinski definition) is 4. The van der Waals surface area contributed by atoms with E-state index < -0.39 is 41.7 Å². The van der Waals surface area contributed by atoms with Gasteiger partial charge >= 0.3 is 12.1 Å². The lowest BCUT2D eigenvalue weighted by Crippen LogP contribution is -2.22. The third kappa shape index (κ3) is 5.83. The van der Waals surface area contributed by atoms with Crippen molar-refractivity contribution < 1.29 is 36.6 Å². The number of nitrogens with one attached hydrogen (secondary N) is 1. The Morgan fingerprint density at radius 3 is 2.50 bits per heavy atom. The van der Waals surface area contributed by atoms with E-state index in [0.717, 1.165) is 24.3 Å². The van der Waals surface area contributed by atoms with Crippen molar-refractivity contribution in [3.63, 3.8) is 0 Å². The molecular formula is C19H15F4NO4. The fraction of sp³-hybridized carbons (Fsp3) is 0.158. The number of hydrogen-bond donors (Lipinski definition) is 1. The van der Waals surface area contributed by atoms with Crippen molar-refractivity contribution in [3.05, 3.63) is 65.5 Å². The monoisotopic (exact) mass is 397 g/mol. The molecule has 0 aliphatic heterocycles. The second kappa shape index (κ2) is 9.03. The number of carbonyl (C=O) groups excluding carboxylic acids is 2. The van der Waals surface area contributed by atoms with Gasteiger partial charge < -0.3 is 14.8 Å². The zero-order valence-electron chi connectivity index (χ0n) is 14.5. The summed E-state index contributed by atoms with van der Waals surface area (Å²) in [6.07, 6.45) is -2.43. The van der Waals surface area contributed by atoms with Crippen LogP contribution >= 0.6 is 0 Å². The van der Waals surface area contributed by atoms with Gasteiger partial charge in [0, 0.05) is 6.08 Å². The fourth-order valence-corrected chi connectivity index (χ4v) is 2.16. The molecule has 0 spiro atoms. The van der Waals surface area contributed by atoms with E-state index in [1.807, 2.05) is 5.32 Å².